The second kappa shape index (κ2) is 4.21. The van der Waals surface area contributed by atoms with E-state index in [1.807, 2.05) is 14.0 Å². The van der Waals surface area contributed by atoms with Crippen molar-refractivity contribution in [2.75, 3.05) is 0 Å². The third kappa shape index (κ3) is 2.30. The smallest absolute Gasteiger partial charge is 0.0725 e. The van der Waals surface area contributed by atoms with Crippen molar-refractivity contribution >= 4 is 0 Å². The number of hydrogen-bond acceptors (Lipinski definition) is 3. The quantitative estimate of drug-likeness (QED) is 0.714. The van der Waals surface area contributed by atoms with Gasteiger partial charge in [-0.1, -0.05) is 12.1 Å². The van der Waals surface area contributed by atoms with Gasteiger partial charge in [0.2, 0.25) is 0 Å². The average molecular weight is 169 g/mol. The predicted molar refractivity (Wildman–Crippen MR) is 45.6 cm³/mol. The maximum Gasteiger partial charge on any atom is 0.0725 e. The van der Waals surface area contributed by atoms with Crippen LogP contribution in [0.1, 0.15) is 25.5 Å². The zero-order valence-corrected chi connectivity index (χ0v) is 7.56. The van der Waals surface area contributed by atoms with Crippen LogP contribution in [-0.4, -0.2) is 26.2 Å². The van der Waals surface area contributed by atoms with Gasteiger partial charge in [-0.3, -0.25) is 4.68 Å². The number of hydrogen-bond donors (Lipinski definition) is 1. The van der Waals surface area contributed by atoms with Crippen molar-refractivity contribution in [3.63, 3.8) is 0 Å². The van der Waals surface area contributed by atoms with Gasteiger partial charge in [0.15, 0.2) is 0 Å². The van der Waals surface area contributed by atoms with Crippen molar-refractivity contribution in [1.82, 2.24) is 15.0 Å². The highest BCUT2D eigenvalue weighted by Crippen LogP contribution is 2.04. The summed E-state index contributed by atoms with van der Waals surface area (Å²) in [6.07, 6.45) is 3.99. The number of rotatable bonds is 4. The summed E-state index contributed by atoms with van der Waals surface area (Å²) < 4.78 is 1.74. The molecule has 12 heavy (non-hydrogen) atoms. The molecule has 0 saturated carbocycles. The Morgan fingerprint density at radius 3 is 2.92 bits per heavy atom. The number of aromatic nitrogens is 3. The lowest BCUT2D eigenvalue weighted by atomic mass is 10.1. The summed E-state index contributed by atoms with van der Waals surface area (Å²) in [4.78, 5) is 0. The first kappa shape index (κ1) is 9.19. The minimum Gasteiger partial charge on any atom is -0.393 e. The molecule has 0 aliphatic heterocycles. The Labute approximate surface area is 72.2 Å². The normalized spacial score (nSPS) is 13.2. The van der Waals surface area contributed by atoms with Gasteiger partial charge in [0.25, 0.3) is 0 Å². The molecule has 1 N–H and O–H groups in total. The summed E-state index contributed by atoms with van der Waals surface area (Å²) in [7, 11) is 1.86. The Hall–Kier alpha value is -0.900. The molecule has 0 aromatic carbocycles. The highest BCUT2D eigenvalue weighted by molar-refractivity contribution is 4.93. The Morgan fingerprint density at radius 1 is 1.67 bits per heavy atom. The predicted octanol–water partition coefficient (Wildman–Crippen LogP) is 0.519. The SMILES string of the molecule is CCC(O)CCc1cnnn1C. The molecule has 1 atom stereocenters. The van der Waals surface area contributed by atoms with Gasteiger partial charge in [-0.15, -0.1) is 5.10 Å². The third-order valence-corrected chi connectivity index (χ3v) is 2.01. The Morgan fingerprint density at radius 2 is 2.42 bits per heavy atom. The molecule has 1 unspecified atom stereocenters. The lowest BCUT2D eigenvalue weighted by Crippen LogP contribution is -2.07. The first-order valence-electron chi connectivity index (χ1n) is 4.25. The molecule has 1 aromatic rings. The van der Waals surface area contributed by atoms with Crippen LogP contribution in [0.15, 0.2) is 6.20 Å². The molecule has 4 heteroatoms. The number of aliphatic hydroxyl groups excluding tert-OH is 1. The highest BCUT2D eigenvalue weighted by Gasteiger charge is 2.04. The van der Waals surface area contributed by atoms with Crippen LogP contribution < -0.4 is 0 Å². The zero-order valence-electron chi connectivity index (χ0n) is 7.56. The molecule has 0 saturated heterocycles. The van der Waals surface area contributed by atoms with E-state index in [1.165, 1.54) is 0 Å². The van der Waals surface area contributed by atoms with E-state index in [2.05, 4.69) is 10.3 Å². The molecule has 0 bridgehead atoms. The van der Waals surface area contributed by atoms with E-state index < -0.39 is 0 Å². The van der Waals surface area contributed by atoms with E-state index in [9.17, 15) is 5.11 Å². The van der Waals surface area contributed by atoms with Gasteiger partial charge >= 0.3 is 0 Å². The molecule has 68 valence electrons. The molecular formula is C8H15N3O. The van der Waals surface area contributed by atoms with Crippen LogP contribution in [0.25, 0.3) is 0 Å². The fourth-order valence-electron chi connectivity index (χ4n) is 1.06. The topological polar surface area (TPSA) is 50.9 Å². The van der Waals surface area contributed by atoms with Crippen molar-refractivity contribution in [2.45, 2.75) is 32.3 Å². The van der Waals surface area contributed by atoms with Crippen molar-refractivity contribution < 1.29 is 5.11 Å². The van der Waals surface area contributed by atoms with E-state index in [0.29, 0.717) is 0 Å². The standard InChI is InChI=1S/C8H15N3O/c1-3-8(12)5-4-7-6-9-10-11(7)2/h6,8,12H,3-5H2,1-2H3. The van der Waals surface area contributed by atoms with Gasteiger partial charge in [0.1, 0.15) is 0 Å². The van der Waals surface area contributed by atoms with Crippen LogP contribution in [0, 0.1) is 0 Å². The number of nitrogens with zero attached hydrogens (tertiary/aromatic N) is 3. The lowest BCUT2D eigenvalue weighted by molar-refractivity contribution is 0.160. The minimum atomic E-state index is -0.195. The van der Waals surface area contributed by atoms with Gasteiger partial charge in [0, 0.05) is 7.05 Å². The van der Waals surface area contributed by atoms with Gasteiger partial charge in [-0.05, 0) is 19.3 Å². The van der Waals surface area contributed by atoms with E-state index in [-0.39, 0.29) is 6.10 Å². The number of aryl methyl sites for hydroxylation is 2. The molecule has 0 aliphatic rings. The monoisotopic (exact) mass is 169 g/mol. The molecule has 0 fully saturated rings. The van der Waals surface area contributed by atoms with Crippen molar-refractivity contribution in [3.05, 3.63) is 11.9 Å². The maximum absolute atomic E-state index is 9.30. The van der Waals surface area contributed by atoms with Gasteiger partial charge in [-0.2, -0.15) is 0 Å². The molecule has 0 spiro atoms. The molecule has 0 aliphatic carbocycles. The van der Waals surface area contributed by atoms with Gasteiger partial charge in [-0.25, -0.2) is 0 Å². The van der Waals surface area contributed by atoms with E-state index in [4.69, 9.17) is 0 Å². The first-order valence-corrected chi connectivity index (χ1v) is 4.25. The molecule has 0 radical (unpaired) electrons. The molecule has 0 amide bonds. The number of aliphatic hydroxyl groups is 1. The van der Waals surface area contributed by atoms with Crippen LogP contribution in [0.5, 0.6) is 0 Å². The van der Waals surface area contributed by atoms with Crippen LogP contribution in [-0.2, 0) is 13.5 Å². The van der Waals surface area contributed by atoms with E-state index in [1.54, 1.807) is 10.9 Å². The summed E-state index contributed by atoms with van der Waals surface area (Å²) in [5.74, 6) is 0. The molecular weight excluding hydrogens is 154 g/mol. The minimum absolute atomic E-state index is 0.195. The second-order valence-corrected chi connectivity index (χ2v) is 2.95. The Kier molecular flexibility index (Phi) is 3.22. The Bertz CT molecular complexity index is 234. The molecule has 1 heterocycles. The van der Waals surface area contributed by atoms with Crippen LogP contribution >= 0.6 is 0 Å². The zero-order chi connectivity index (χ0) is 8.97. The highest BCUT2D eigenvalue weighted by atomic mass is 16.3. The lowest BCUT2D eigenvalue weighted by Gasteiger charge is -2.05. The second-order valence-electron chi connectivity index (χ2n) is 2.95. The first-order chi connectivity index (χ1) is 5.74. The van der Waals surface area contributed by atoms with E-state index in [0.717, 1.165) is 25.0 Å². The van der Waals surface area contributed by atoms with Gasteiger partial charge in [0.05, 0.1) is 18.0 Å². The molecule has 1 aromatic heterocycles. The van der Waals surface area contributed by atoms with Gasteiger partial charge < -0.3 is 5.11 Å². The summed E-state index contributed by atoms with van der Waals surface area (Å²) in [5.41, 5.74) is 1.07. The maximum atomic E-state index is 9.30. The van der Waals surface area contributed by atoms with Crippen LogP contribution in [0.3, 0.4) is 0 Å². The summed E-state index contributed by atoms with van der Waals surface area (Å²) >= 11 is 0. The Balaban J connectivity index is 2.38. The third-order valence-electron chi connectivity index (χ3n) is 2.01. The van der Waals surface area contributed by atoms with Crippen LogP contribution in [0.4, 0.5) is 0 Å². The van der Waals surface area contributed by atoms with Crippen molar-refractivity contribution in [1.29, 1.82) is 0 Å². The molecule has 4 nitrogen and oxygen atoms in total. The van der Waals surface area contributed by atoms with Crippen LogP contribution in [0.2, 0.25) is 0 Å². The largest absolute Gasteiger partial charge is 0.393 e. The van der Waals surface area contributed by atoms with Crippen molar-refractivity contribution in [3.8, 4) is 0 Å². The van der Waals surface area contributed by atoms with Crippen molar-refractivity contribution in [2.24, 2.45) is 7.05 Å². The fraction of sp³-hybridized carbons (Fsp3) is 0.750. The summed E-state index contributed by atoms with van der Waals surface area (Å²) in [6.45, 7) is 1.98. The summed E-state index contributed by atoms with van der Waals surface area (Å²) in [5, 5.41) is 16.9. The molecule has 1 rings (SSSR count). The fourth-order valence-corrected chi connectivity index (χ4v) is 1.06. The van der Waals surface area contributed by atoms with E-state index >= 15 is 0 Å². The summed E-state index contributed by atoms with van der Waals surface area (Å²) in [6, 6.07) is 0. The average Bonchev–Trinajstić information content (AvgIpc) is 2.47.